The third kappa shape index (κ3) is 7.22. The van der Waals surface area contributed by atoms with Crippen LogP contribution >= 0.6 is 0 Å². The summed E-state index contributed by atoms with van der Waals surface area (Å²) in [5.41, 5.74) is 0. The van der Waals surface area contributed by atoms with Crippen molar-refractivity contribution in [1.29, 1.82) is 0 Å². The van der Waals surface area contributed by atoms with Crippen LogP contribution in [0.4, 0.5) is 0 Å². The van der Waals surface area contributed by atoms with Crippen LogP contribution < -0.4 is 0 Å². The first-order valence-corrected chi connectivity index (χ1v) is 9.93. The van der Waals surface area contributed by atoms with E-state index >= 15 is 0 Å². The highest BCUT2D eigenvalue weighted by Crippen LogP contribution is 2.28. The van der Waals surface area contributed by atoms with E-state index in [0.29, 0.717) is 6.61 Å². The van der Waals surface area contributed by atoms with Gasteiger partial charge in [-0.05, 0) is 32.1 Å². The lowest BCUT2D eigenvalue weighted by Gasteiger charge is -2.36. The van der Waals surface area contributed by atoms with Gasteiger partial charge in [0.15, 0.2) is 0 Å². The topological polar surface area (TPSA) is 65.0 Å². The van der Waals surface area contributed by atoms with Crippen molar-refractivity contribution in [2.24, 2.45) is 0 Å². The first-order valence-electron chi connectivity index (χ1n) is 7.81. The number of esters is 1. The summed E-state index contributed by atoms with van der Waals surface area (Å²) < 4.78 is 16.2. The Morgan fingerprint density at radius 1 is 1.52 bits per heavy atom. The minimum absolute atomic E-state index is 0.0558. The lowest BCUT2D eigenvalue weighted by atomic mass is 10.0. The molecule has 1 aliphatic rings. The summed E-state index contributed by atoms with van der Waals surface area (Å²) in [5.74, 6) is -0.529. The molecule has 0 aromatic rings. The summed E-state index contributed by atoms with van der Waals surface area (Å²) >= 11 is 0. The molecule has 1 fully saturated rings. The van der Waals surface area contributed by atoms with Crippen LogP contribution in [0.15, 0.2) is 12.7 Å². The first kappa shape index (κ1) is 18.4. The van der Waals surface area contributed by atoms with Crippen LogP contribution in [0.3, 0.4) is 0 Å². The van der Waals surface area contributed by atoms with Crippen molar-refractivity contribution < 1.29 is 24.1 Å². The van der Waals surface area contributed by atoms with Crippen molar-refractivity contribution in [2.75, 3.05) is 26.4 Å². The molecule has 0 aromatic carbocycles. The van der Waals surface area contributed by atoms with Gasteiger partial charge in [-0.15, -0.1) is 0 Å². The molecule has 1 heterocycles. The minimum Gasteiger partial charge on any atom is -0.460 e. The molecule has 2 unspecified atom stereocenters. The van der Waals surface area contributed by atoms with Gasteiger partial charge in [0.05, 0.1) is 21.4 Å². The normalized spacial score (nSPS) is 24.1. The van der Waals surface area contributed by atoms with Crippen LogP contribution in [-0.4, -0.2) is 58.4 Å². The zero-order valence-electron chi connectivity index (χ0n) is 13.0. The number of hydrogen-bond donors (Lipinski definition) is 1. The van der Waals surface area contributed by atoms with E-state index in [2.05, 4.69) is 13.1 Å². The van der Waals surface area contributed by atoms with Crippen molar-refractivity contribution in [3.8, 4) is 0 Å². The molecular formula is C15H28O5Si. The smallest absolute Gasteiger partial charge is 0.330 e. The molecule has 0 bridgehead atoms. The van der Waals surface area contributed by atoms with Crippen LogP contribution in [0, 0.1) is 0 Å². The predicted octanol–water partition coefficient (Wildman–Crippen LogP) is 0.987. The van der Waals surface area contributed by atoms with Crippen molar-refractivity contribution in [3.63, 3.8) is 0 Å². The fourth-order valence-corrected chi connectivity index (χ4v) is 4.12. The summed E-state index contributed by atoms with van der Waals surface area (Å²) in [4.78, 5) is 10.8. The summed E-state index contributed by atoms with van der Waals surface area (Å²) in [6.45, 7) is 7.23. The van der Waals surface area contributed by atoms with Crippen LogP contribution in [0.1, 0.15) is 32.1 Å². The number of carbonyl (C=O) groups is 1. The predicted molar refractivity (Wildman–Crippen MR) is 84.2 cm³/mol. The van der Waals surface area contributed by atoms with E-state index in [9.17, 15) is 9.90 Å². The van der Waals surface area contributed by atoms with Crippen molar-refractivity contribution in [1.82, 2.24) is 0 Å². The molecule has 1 saturated heterocycles. The van der Waals surface area contributed by atoms with E-state index in [1.807, 2.05) is 0 Å². The standard InChI is InChI=1S/C15H28O5Si/c1-3-14(17)19-12-13(16)11-18-9-6-8-15(21-2)7-4-5-10-20-15/h3,13,16H,1,4-12,21H2,2H3. The highest BCUT2D eigenvalue weighted by molar-refractivity contribution is 6.37. The molecule has 5 nitrogen and oxygen atoms in total. The van der Waals surface area contributed by atoms with Gasteiger partial charge < -0.3 is 19.3 Å². The quantitative estimate of drug-likeness (QED) is 0.282. The van der Waals surface area contributed by atoms with E-state index in [-0.39, 0.29) is 28.0 Å². The van der Waals surface area contributed by atoms with E-state index in [4.69, 9.17) is 14.2 Å². The van der Waals surface area contributed by atoms with E-state index in [0.717, 1.165) is 25.5 Å². The molecule has 0 spiro atoms. The Hall–Kier alpha value is -0.693. The lowest BCUT2D eigenvalue weighted by Crippen LogP contribution is -2.41. The molecule has 2 atom stereocenters. The molecule has 1 rings (SSSR count). The Labute approximate surface area is 129 Å². The molecule has 6 heteroatoms. The van der Waals surface area contributed by atoms with Crippen LogP contribution in [0.5, 0.6) is 0 Å². The minimum atomic E-state index is -0.783. The molecule has 1 aliphatic heterocycles. The summed E-state index contributed by atoms with van der Waals surface area (Å²) in [5, 5.41) is 9.75. The van der Waals surface area contributed by atoms with Crippen molar-refractivity contribution in [3.05, 3.63) is 12.7 Å². The second-order valence-corrected chi connectivity index (χ2v) is 7.50. The second kappa shape index (κ2) is 10.1. The largest absolute Gasteiger partial charge is 0.460 e. The van der Waals surface area contributed by atoms with Crippen LogP contribution in [-0.2, 0) is 19.0 Å². The summed E-state index contributed by atoms with van der Waals surface area (Å²) in [6, 6.07) is 0. The molecule has 1 N–H and O–H groups in total. The molecular weight excluding hydrogens is 288 g/mol. The highest BCUT2D eigenvalue weighted by atomic mass is 28.2. The highest BCUT2D eigenvalue weighted by Gasteiger charge is 2.30. The van der Waals surface area contributed by atoms with Gasteiger partial charge >= 0.3 is 5.97 Å². The fraction of sp³-hybridized carbons (Fsp3) is 0.800. The summed E-state index contributed by atoms with van der Waals surface area (Å²) in [7, 11) is -0.203. The van der Waals surface area contributed by atoms with E-state index < -0.39 is 12.1 Å². The van der Waals surface area contributed by atoms with Crippen LogP contribution in [0.2, 0.25) is 6.55 Å². The number of ether oxygens (including phenoxy) is 3. The number of hydrogen-bond acceptors (Lipinski definition) is 5. The maximum atomic E-state index is 10.8. The average molecular weight is 316 g/mol. The van der Waals surface area contributed by atoms with Gasteiger partial charge in [0, 0.05) is 19.3 Å². The number of rotatable bonds is 10. The number of aliphatic hydroxyl groups excluding tert-OH is 1. The maximum absolute atomic E-state index is 10.8. The molecule has 0 saturated carbocycles. The van der Waals surface area contributed by atoms with Gasteiger partial charge in [0.2, 0.25) is 0 Å². The lowest BCUT2D eigenvalue weighted by molar-refractivity contribution is -0.141. The van der Waals surface area contributed by atoms with E-state index in [1.54, 1.807) is 0 Å². The molecule has 122 valence electrons. The zero-order valence-corrected chi connectivity index (χ0v) is 14.4. The second-order valence-electron chi connectivity index (χ2n) is 5.51. The monoisotopic (exact) mass is 316 g/mol. The van der Waals surface area contributed by atoms with Crippen molar-refractivity contribution >= 4 is 15.5 Å². The zero-order chi connectivity index (χ0) is 15.6. The molecule has 0 radical (unpaired) electrons. The Balaban J connectivity index is 2.07. The average Bonchev–Trinajstić information content (AvgIpc) is 2.53. The Kier molecular flexibility index (Phi) is 8.83. The van der Waals surface area contributed by atoms with Crippen LogP contribution in [0.25, 0.3) is 0 Å². The summed E-state index contributed by atoms with van der Waals surface area (Å²) in [6.07, 6.45) is 5.94. The van der Waals surface area contributed by atoms with Gasteiger partial charge in [-0.25, -0.2) is 4.79 Å². The van der Waals surface area contributed by atoms with E-state index in [1.165, 1.54) is 19.3 Å². The Morgan fingerprint density at radius 2 is 2.33 bits per heavy atom. The first-order chi connectivity index (χ1) is 10.1. The Bertz CT molecular complexity index is 315. The van der Waals surface area contributed by atoms with Gasteiger partial charge in [-0.1, -0.05) is 13.1 Å². The third-order valence-corrected chi connectivity index (χ3v) is 6.10. The number of aliphatic hydroxyl groups is 1. The van der Waals surface area contributed by atoms with Crippen molar-refractivity contribution in [2.45, 2.75) is 50.0 Å². The number of carbonyl (C=O) groups excluding carboxylic acids is 1. The molecule has 21 heavy (non-hydrogen) atoms. The molecule has 0 aliphatic carbocycles. The fourth-order valence-electron chi connectivity index (χ4n) is 2.56. The van der Waals surface area contributed by atoms with Gasteiger partial charge in [-0.3, -0.25) is 0 Å². The van der Waals surface area contributed by atoms with Gasteiger partial charge in [-0.2, -0.15) is 0 Å². The SMILES string of the molecule is C=CC(=O)OCC(O)COCCCC1([SiH2]C)CCCCO1. The Morgan fingerprint density at radius 3 is 2.95 bits per heavy atom. The van der Waals surface area contributed by atoms with Gasteiger partial charge in [0.1, 0.15) is 12.7 Å². The maximum Gasteiger partial charge on any atom is 0.330 e. The molecule has 0 amide bonds. The molecule has 0 aromatic heterocycles. The third-order valence-electron chi connectivity index (χ3n) is 3.90. The van der Waals surface area contributed by atoms with Gasteiger partial charge in [0.25, 0.3) is 0 Å².